The number of nitrogens with two attached hydrogens (primary N) is 2. The fourth-order valence-electron chi connectivity index (χ4n) is 1.85. The minimum atomic E-state index is -0.638. The summed E-state index contributed by atoms with van der Waals surface area (Å²) in [7, 11) is 1.82. The molecule has 1 heterocycles. The van der Waals surface area contributed by atoms with Gasteiger partial charge >= 0.3 is 0 Å². The van der Waals surface area contributed by atoms with Crippen LogP contribution in [0.2, 0.25) is 5.02 Å². The highest BCUT2D eigenvalue weighted by atomic mass is 35.5. The number of nitrogens with zero attached hydrogens (tertiary/aromatic N) is 2. The van der Waals surface area contributed by atoms with Crippen LogP contribution in [0.3, 0.4) is 0 Å². The summed E-state index contributed by atoms with van der Waals surface area (Å²) in [6.45, 7) is 2.29. The first kappa shape index (κ1) is 13.5. The Morgan fingerprint density at radius 3 is 2.68 bits per heavy atom. The standard InChI is InChI=1S/C12H15ClFN5/c1-6-7(5-19(2)18-6)4-17-12-9(16)3-8(15)10(13)11(12)14/h3,5,17H,4,15-16H2,1-2H3. The Kier molecular flexibility index (Phi) is 3.53. The fourth-order valence-corrected chi connectivity index (χ4v) is 2.00. The third-order valence-corrected chi connectivity index (χ3v) is 3.22. The molecule has 1 aromatic carbocycles. The van der Waals surface area contributed by atoms with Crippen molar-refractivity contribution in [3.05, 3.63) is 34.4 Å². The minimum absolute atomic E-state index is 0.125. The molecule has 19 heavy (non-hydrogen) atoms. The lowest BCUT2D eigenvalue weighted by Crippen LogP contribution is -2.07. The van der Waals surface area contributed by atoms with Crippen molar-refractivity contribution in [3.8, 4) is 0 Å². The number of nitrogen functional groups attached to an aromatic ring is 2. The van der Waals surface area contributed by atoms with Crippen molar-refractivity contribution in [1.29, 1.82) is 0 Å². The maximum Gasteiger partial charge on any atom is 0.169 e. The monoisotopic (exact) mass is 283 g/mol. The van der Waals surface area contributed by atoms with Gasteiger partial charge in [0.15, 0.2) is 5.82 Å². The van der Waals surface area contributed by atoms with Gasteiger partial charge in [-0.1, -0.05) is 11.6 Å². The summed E-state index contributed by atoms with van der Waals surface area (Å²) in [5, 5.41) is 7.01. The molecule has 0 radical (unpaired) electrons. The Morgan fingerprint density at radius 1 is 1.42 bits per heavy atom. The van der Waals surface area contributed by atoms with Crippen molar-refractivity contribution >= 4 is 28.7 Å². The summed E-state index contributed by atoms with van der Waals surface area (Å²) in [5.74, 6) is -0.638. The Balaban J connectivity index is 2.25. The molecule has 5 N–H and O–H groups in total. The smallest absolute Gasteiger partial charge is 0.169 e. The zero-order valence-corrected chi connectivity index (χ0v) is 11.4. The molecular weight excluding hydrogens is 269 g/mol. The van der Waals surface area contributed by atoms with Crippen LogP contribution in [0.1, 0.15) is 11.3 Å². The number of anilines is 3. The number of hydrogen-bond acceptors (Lipinski definition) is 4. The van der Waals surface area contributed by atoms with Crippen molar-refractivity contribution in [2.75, 3.05) is 16.8 Å². The van der Waals surface area contributed by atoms with Gasteiger partial charge in [-0.3, -0.25) is 4.68 Å². The van der Waals surface area contributed by atoms with Crippen LogP contribution in [-0.2, 0) is 13.6 Å². The SMILES string of the molecule is Cc1nn(C)cc1CNc1c(N)cc(N)c(Cl)c1F. The second-order valence-electron chi connectivity index (χ2n) is 4.32. The fraction of sp³-hybridized carbons (Fsp3) is 0.250. The Bertz CT molecular complexity index is 623. The number of rotatable bonds is 3. The number of halogens is 2. The van der Waals surface area contributed by atoms with E-state index >= 15 is 0 Å². The van der Waals surface area contributed by atoms with E-state index in [2.05, 4.69) is 10.4 Å². The third-order valence-electron chi connectivity index (χ3n) is 2.84. The second kappa shape index (κ2) is 4.97. The molecule has 0 fully saturated rings. The van der Waals surface area contributed by atoms with Crippen LogP contribution in [0.4, 0.5) is 21.5 Å². The second-order valence-corrected chi connectivity index (χ2v) is 4.70. The van der Waals surface area contributed by atoms with Gasteiger partial charge in [-0.15, -0.1) is 0 Å². The van der Waals surface area contributed by atoms with E-state index in [1.807, 2.05) is 20.2 Å². The first-order valence-electron chi connectivity index (χ1n) is 5.66. The van der Waals surface area contributed by atoms with Gasteiger partial charge in [-0.2, -0.15) is 5.10 Å². The first-order chi connectivity index (χ1) is 8.90. The predicted octanol–water partition coefficient (Wildman–Crippen LogP) is 2.30. The molecule has 0 amide bonds. The number of hydrogen-bond donors (Lipinski definition) is 3. The molecule has 0 bridgehead atoms. The average molecular weight is 284 g/mol. The molecule has 2 aromatic rings. The maximum absolute atomic E-state index is 14.0. The summed E-state index contributed by atoms with van der Waals surface area (Å²) >= 11 is 5.76. The molecule has 0 aliphatic carbocycles. The van der Waals surface area contributed by atoms with Crippen LogP contribution >= 0.6 is 11.6 Å². The van der Waals surface area contributed by atoms with E-state index in [1.54, 1.807) is 4.68 Å². The molecule has 0 saturated heterocycles. The highest BCUT2D eigenvalue weighted by Gasteiger charge is 2.14. The topological polar surface area (TPSA) is 81.9 Å². The lowest BCUT2D eigenvalue weighted by Gasteiger charge is -2.12. The molecular formula is C12H15ClFN5. The number of benzene rings is 1. The zero-order valence-electron chi connectivity index (χ0n) is 10.7. The lowest BCUT2D eigenvalue weighted by molar-refractivity contribution is 0.632. The van der Waals surface area contributed by atoms with Gasteiger partial charge in [-0.25, -0.2) is 4.39 Å². The lowest BCUT2D eigenvalue weighted by atomic mass is 10.2. The van der Waals surface area contributed by atoms with Crippen molar-refractivity contribution < 1.29 is 4.39 Å². The van der Waals surface area contributed by atoms with Crippen LogP contribution in [0.5, 0.6) is 0 Å². The van der Waals surface area contributed by atoms with Crippen LogP contribution in [0.15, 0.2) is 12.3 Å². The van der Waals surface area contributed by atoms with Crippen molar-refractivity contribution in [2.45, 2.75) is 13.5 Å². The Labute approximate surface area is 115 Å². The molecule has 0 unspecified atom stereocenters. The highest BCUT2D eigenvalue weighted by Crippen LogP contribution is 2.33. The summed E-state index contributed by atoms with van der Waals surface area (Å²) < 4.78 is 15.7. The molecule has 1 aromatic heterocycles. The minimum Gasteiger partial charge on any atom is -0.397 e. The van der Waals surface area contributed by atoms with Crippen LogP contribution < -0.4 is 16.8 Å². The van der Waals surface area contributed by atoms with Gasteiger partial charge in [0, 0.05) is 25.4 Å². The van der Waals surface area contributed by atoms with Crippen LogP contribution in [-0.4, -0.2) is 9.78 Å². The summed E-state index contributed by atoms with van der Waals surface area (Å²) in [6.07, 6.45) is 1.86. The highest BCUT2D eigenvalue weighted by molar-refractivity contribution is 6.33. The van der Waals surface area contributed by atoms with Crippen molar-refractivity contribution in [3.63, 3.8) is 0 Å². The van der Waals surface area contributed by atoms with Crippen molar-refractivity contribution in [1.82, 2.24) is 9.78 Å². The normalized spacial score (nSPS) is 10.7. The van der Waals surface area contributed by atoms with E-state index in [9.17, 15) is 4.39 Å². The van der Waals surface area contributed by atoms with E-state index in [1.165, 1.54) is 6.07 Å². The van der Waals surface area contributed by atoms with E-state index < -0.39 is 5.82 Å². The molecule has 0 aliphatic heterocycles. The van der Waals surface area contributed by atoms with Gasteiger partial charge < -0.3 is 16.8 Å². The van der Waals surface area contributed by atoms with E-state index in [-0.39, 0.29) is 22.1 Å². The average Bonchev–Trinajstić information content (AvgIpc) is 2.65. The summed E-state index contributed by atoms with van der Waals surface area (Å²) in [4.78, 5) is 0. The van der Waals surface area contributed by atoms with Gasteiger partial charge in [0.05, 0.1) is 22.8 Å². The third kappa shape index (κ3) is 2.58. The number of aryl methyl sites for hydroxylation is 2. The Hall–Kier alpha value is -1.95. The van der Waals surface area contributed by atoms with Gasteiger partial charge in [0.1, 0.15) is 5.02 Å². The molecule has 5 nitrogen and oxygen atoms in total. The zero-order chi connectivity index (χ0) is 14.2. The van der Waals surface area contributed by atoms with E-state index in [0.29, 0.717) is 6.54 Å². The van der Waals surface area contributed by atoms with Crippen molar-refractivity contribution in [2.24, 2.45) is 7.05 Å². The molecule has 0 atom stereocenters. The largest absolute Gasteiger partial charge is 0.397 e. The molecule has 0 aliphatic rings. The van der Waals surface area contributed by atoms with Crippen LogP contribution in [0.25, 0.3) is 0 Å². The number of aromatic nitrogens is 2. The molecule has 102 valence electrons. The quantitative estimate of drug-likeness (QED) is 0.755. The van der Waals surface area contributed by atoms with E-state index in [4.69, 9.17) is 23.1 Å². The van der Waals surface area contributed by atoms with E-state index in [0.717, 1.165) is 11.3 Å². The Morgan fingerprint density at radius 2 is 2.11 bits per heavy atom. The summed E-state index contributed by atoms with van der Waals surface area (Å²) in [6, 6.07) is 1.43. The summed E-state index contributed by atoms with van der Waals surface area (Å²) in [5.41, 5.74) is 13.6. The maximum atomic E-state index is 14.0. The van der Waals surface area contributed by atoms with Gasteiger partial charge in [-0.05, 0) is 13.0 Å². The molecule has 0 saturated carbocycles. The molecule has 0 spiro atoms. The number of nitrogens with one attached hydrogen (secondary N) is 1. The molecule has 2 rings (SSSR count). The first-order valence-corrected chi connectivity index (χ1v) is 6.04. The van der Waals surface area contributed by atoms with Gasteiger partial charge in [0.25, 0.3) is 0 Å². The van der Waals surface area contributed by atoms with Gasteiger partial charge in [0.2, 0.25) is 0 Å². The predicted molar refractivity (Wildman–Crippen MR) is 75.5 cm³/mol. The van der Waals surface area contributed by atoms with Crippen LogP contribution in [0, 0.1) is 12.7 Å². The molecule has 7 heteroatoms.